The van der Waals surface area contributed by atoms with Gasteiger partial charge >= 0.3 is 0 Å². The molecule has 0 saturated carbocycles. The van der Waals surface area contributed by atoms with Gasteiger partial charge in [-0.2, -0.15) is 0 Å². The summed E-state index contributed by atoms with van der Waals surface area (Å²) in [5.41, 5.74) is 3.50. The summed E-state index contributed by atoms with van der Waals surface area (Å²) in [6.07, 6.45) is 1.89. The number of rotatable bonds is 7. The maximum Gasteiger partial charge on any atom is 0.192 e. The molecule has 4 aromatic rings. The first-order chi connectivity index (χ1) is 14.2. The van der Waals surface area contributed by atoms with Crippen LogP contribution in [0.4, 0.5) is 5.69 Å². The normalized spacial score (nSPS) is 11.0. The summed E-state index contributed by atoms with van der Waals surface area (Å²) < 4.78 is 2.14. The fourth-order valence-corrected chi connectivity index (χ4v) is 4.34. The third-order valence-electron chi connectivity index (χ3n) is 4.89. The van der Waals surface area contributed by atoms with E-state index in [2.05, 4.69) is 93.0 Å². The van der Waals surface area contributed by atoms with Crippen LogP contribution in [0.2, 0.25) is 0 Å². The van der Waals surface area contributed by atoms with E-state index in [0.717, 1.165) is 28.0 Å². The Morgan fingerprint density at radius 1 is 1.00 bits per heavy atom. The van der Waals surface area contributed by atoms with Crippen molar-refractivity contribution in [2.75, 3.05) is 19.0 Å². The van der Waals surface area contributed by atoms with Gasteiger partial charge in [0.05, 0.1) is 0 Å². The van der Waals surface area contributed by atoms with Gasteiger partial charge < -0.3 is 4.90 Å². The van der Waals surface area contributed by atoms with Gasteiger partial charge in [0, 0.05) is 37.6 Å². The molecule has 0 radical (unpaired) electrons. The predicted octanol–water partition coefficient (Wildman–Crippen LogP) is 5.64. The number of thioether (sulfide) groups is 1. The van der Waals surface area contributed by atoms with Crippen LogP contribution in [0.3, 0.4) is 0 Å². The number of fused-ring (bicyclic) bond motifs is 1. The average Bonchev–Trinajstić information content (AvgIpc) is 3.15. The van der Waals surface area contributed by atoms with Crippen LogP contribution in [0, 0.1) is 0 Å². The Hall–Kier alpha value is -3.05. The Labute approximate surface area is 175 Å². The van der Waals surface area contributed by atoms with Crippen molar-refractivity contribution in [3.8, 4) is 11.4 Å². The quantitative estimate of drug-likeness (QED) is 0.297. The number of hydrogen-bond donors (Lipinski definition) is 0. The minimum Gasteiger partial charge on any atom is -0.378 e. The molecular weight excluding hydrogens is 376 g/mol. The van der Waals surface area contributed by atoms with E-state index in [-0.39, 0.29) is 0 Å². The van der Waals surface area contributed by atoms with Gasteiger partial charge in [-0.25, -0.2) is 0 Å². The largest absolute Gasteiger partial charge is 0.378 e. The van der Waals surface area contributed by atoms with E-state index in [1.165, 1.54) is 16.3 Å². The highest BCUT2D eigenvalue weighted by Gasteiger charge is 2.15. The molecule has 0 amide bonds. The second-order valence-corrected chi connectivity index (χ2v) is 8.02. The monoisotopic (exact) mass is 400 g/mol. The molecule has 3 aromatic carbocycles. The molecule has 0 bridgehead atoms. The zero-order valence-electron chi connectivity index (χ0n) is 16.7. The summed E-state index contributed by atoms with van der Waals surface area (Å²) in [7, 11) is 4.08. The van der Waals surface area contributed by atoms with Crippen molar-refractivity contribution in [3.63, 3.8) is 0 Å². The van der Waals surface area contributed by atoms with Crippen molar-refractivity contribution in [1.29, 1.82) is 0 Å². The highest BCUT2D eigenvalue weighted by Crippen LogP contribution is 2.30. The average molecular weight is 401 g/mol. The van der Waals surface area contributed by atoms with Crippen molar-refractivity contribution < 1.29 is 0 Å². The minimum atomic E-state index is 0.673. The van der Waals surface area contributed by atoms with Crippen molar-refractivity contribution >= 4 is 28.2 Å². The zero-order valence-corrected chi connectivity index (χ0v) is 17.6. The van der Waals surface area contributed by atoms with Crippen LogP contribution in [0.15, 0.2) is 84.5 Å². The van der Waals surface area contributed by atoms with Crippen LogP contribution in [-0.2, 0) is 12.3 Å². The van der Waals surface area contributed by atoms with Gasteiger partial charge in [-0.3, -0.25) is 4.57 Å². The van der Waals surface area contributed by atoms with Gasteiger partial charge in [-0.05, 0) is 28.5 Å². The molecule has 0 atom stereocenters. The molecule has 146 valence electrons. The van der Waals surface area contributed by atoms with E-state index in [4.69, 9.17) is 0 Å². The first-order valence-electron chi connectivity index (χ1n) is 9.58. The Morgan fingerprint density at radius 3 is 2.62 bits per heavy atom. The molecule has 5 heteroatoms. The minimum absolute atomic E-state index is 0.673. The molecule has 0 aliphatic heterocycles. The Kier molecular flexibility index (Phi) is 5.67. The lowest BCUT2D eigenvalue weighted by Crippen LogP contribution is -2.08. The van der Waals surface area contributed by atoms with Crippen LogP contribution in [0.1, 0.15) is 5.56 Å². The fraction of sp³-hybridized carbons (Fsp3) is 0.167. The molecule has 0 saturated heterocycles. The predicted molar refractivity (Wildman–Crippen MR) is 123 cm³/mol. The molecule has 29 heavy (non-hydrogen) atoms. The second kappa shape index (κ2) is 8.53. The molecule has 0 aliphatic carbocycles. The smallest absolute Gasteiger partial charge is 0.192 e. The summed E-state index contributed by atoms with van der Waals surface area (Å²) in [5, 5.41) is 12.5. The molecular formula is C24H24N4S. The summed E-state index contributed by atoms with van der Waals surface area (Å²) in [6.45, 7) is 4.60. The third-order valence-corrected chi connectivity index (χ3v) is 5.90. The number of allylic oxidation sites excluding steroid dienone is 1. The van der Waals surface area contributed by atoms with E-state index in [0.29, 0.717) is 6.54 Å². The van der Waals surface area contributed by atoms with E-state index >= 15 is 0 Å². The highest BCUT2D eigenvalue weighted by atomic mass is 32.2. The highest BCUT2D eigenvalue weighted by molar-refractivity contribution is 7.98. The lowest BCUT2D eigenvalue weighted by atomic mass is 10.1. The summed E-state index contributed by atoms with van der Waals surface area (Å²) >= 11 is 1.71. The number of nitrogens with zero attached hydrogens (tertiary/aromatic N) is 4. The van der Waals surface area contributed by atoms with E-state index in [9.17, 15) is 0 Å². The molecule has 0 fully saturated rings. The van der Waals surface area contributed by atoms with E-state index in [1.807, 2.05) is 20.2 Å². The number of hydrogen-bond acceptors (Lipinski definition) is 4. The Bertz CT molecular complexity index is 1140. The van der Waals surface area contributed by atoms with Gasteiger partial charge in [-0.1, -0.05) is 72.4 Å². The number of aromatic nitrogens is 3. The van der Waals surface area contributed by atoms with Gasteiger partial charge in [-0.15, -0.1) is 16.8 Å². The Morgan fingerprint density at radius 2 is 1.79 bits per heavy atom. The molecule has 0 N–H and O–H groups in total. The first kappa shape index (κ1) is 19.3. The zero-order chi connectivity index (χ0) is 20.2. The van der Waals surface area contributed by atoms with Crippen molar-refractivity contribution in [3.05, 3.63) is 84.9 Å². The summed E-state index contributed by atoms with van der Waals surface area (Å²) in [6, 6.07) is 23.3. The van der Waals surface area contributed by atoms with E-state index < -0.39 is 0 Å². The molecule has 0 spiro atoms. The Balaban J connectivity index is 1.65. The molecule has 4 rings (SSSR count). The topological polar surface area (TPSA) is 34.0 Å². The first-order valence-corrected chi connectivity index (χ1v) is 10.6. The maximum absolute atomic E-state index is 4.51. The van der Waals surface area contributed by atoms with Gasteiger partial charge in [0.2, 0.25) is 0 Å². The molecule has 0 unspecified atom stereocenters. The van der Waals surface area contributed by atoms with Crippen molar-refractivity contribution in [2.45, 2.75) is 17.5 Å². The van der Waals surface area contributed by atoms with Crippen molar-refractivity contribution in [2.24, 2.45) is 0 Å². The molecule has 0 aliphatic rings. The van der Waals surface area contributed by atoms with Crippen LogP contribution in [-0.4, -0.2) is 28.9 Å². The van der Waals surface area contributed by atoms with Crippen LogP contribution in [0.5, 0.6) is 0 Å². The lowest BCUT2D eigenvalue weighted by molar-refractivity contribution is 0.731. The second-order valence-electron chi connectivity index (χ2n) is 7.08. The maximum atomic E-state index is 4.51. The van der Waals surface area contributed by atoms with E-state index in [1.54, 1.807) is 11.8 Å². The van der Waals surface area contributed by atoms with Crippen LogP contribution in [0.25, 0.3) is 22.2 Å². The van der Waals surface area contributed by atoms with Crippen molar-refractivity contribution in [1.82, 2.24) is 14.8 Å². The molecule has 4 nitrogen and oxygen atoms in total. The van der Waals surface area contributed by atoms with Gasteiger partial charge in [0.25, 0.3) is 0 Å². The lowest BCUT2D eigenvalue weighted by Gasteiger charge is -2.14. The summed E-state index contributed by atoms with van der Waals surface area (Å²) in [5.74, 6) is 1.71. The molecule has 1 heterocycles. The van der Waals surface area contributed by atoms with Crippen LogP contribution >= 0.6 is 11.8 Å². The van der Waals surface area contributed by atoms with Crippen LogP contribution < -0.4 is 4.90 Å². The van der Waals surface area contributed by atoms with Gasteiger partial charge in [0.1, 0.15) is 0 Å². The molecule has 1 aromatic heterocycles. The third kappa shape index (κ3) is 4.05. The standard InChI is InChI=1S/C24H24N4S/c1-4-15-28-23(19-11-8-13-21(16-19)27(2)3)25-26-24(28)29-17-20-12-7-10-18-9-5-6-14-22(18)20/h4-14,16H,1,15,17H2,2-3H3. The number of anilines is 1. The van der Waals surface area contributed by atoms with Gasteiger partial charge in [0.15, 0.2) is 11.0 Å². The SMILES string of the molecule is C=CCn1c(SCc2cccc3ccccc23)nnc1-c1cccc(N(C)C)c1. The fourth-order valence-electron chi connectivity index (χ4n) is 3.39. The summed E-state index contributed by atoms with van der Waals surface area (Å²) in [4.78, 5) is 2.09. The number of benzene rings is 3.